The molecule has 3 aromatic rings. The average Bonchev–Trinajstić information content (AvgIpc) is 2.99. The van der Waals surface area contributed by atoms with E-state index in [-0.39, 0.29) is 5.56 Å². The van der Waals surface area contributed by atoms with Gasteiger partial charge >= 0.3 is 0 Å². The van der Waals surface area contributed by atoms with Crippen LogP contribution in [0.2, 0.25) is 0 Å². The molecule has 3 rings (SSSR count). The van der Waals surface area contributed by atoms with Crippen LogP contribution in [0, 0.1) is 17.0 Å². The predicted octanol–water partition coefficient (Wildman–Crippen LogP) is 1.82. The third-order valence-electron chi connectivity index (χ3n) is 3.58. The number of nitrogens with zero attached hydrogens (tertiary/aromatic N) is 5. The predicted molar refractivity (Wildman–Crippen MR) is 95.7 cm³/mol. The van der Waals surface area contributed by atoms with Gasteiger partial charge in [-0.1, -0.05) is 48.2 Å². The molecule has 138 valence electrons. The summed E-state index contributed by atoms with van der Waals surface area (Å²) < 4.78 is 1.43. The fourth-order valence-electron chi connectivity index (χ4n) is 2.21. The Bertz CT molecular complexity index is 1000. The van der Waals surface area contributed by atoms with Crippen molar-refractivity contribution in [2.24, 2.45) is 5.10 Å². The molecule has 2 aromatic carbocycles. The number of hydrogen-bond acceptors (Lipinski definition) is 8. The van der Waals surface area contributed by atoms with E-state index in [4.69, 9.17) is 0 Å². The van der Waals surface area contributed by atoms with Crippen molar-refractivity contribution in [2.45, 2.75) is 17.8 Å². The normalized spacial score (nSPS) is 11.1. The van der Waals surface area contributed by atoms with Crippen molar-refractivity contribution in [2.75, 3.05) is 0 Å². The third-order valence-corrected chi connectivity index (χ3v) is 4.57. The zero-order valence-corrected chi connectivity index (χ0v) is 14.9. The fourth-order valence-corrected chi connectivity index (χ4v) is 3.10. The number of nitro benzene ring substituents is 1. The van der Waals surface area contributed by atoms with Crippen LogP contribution in [0.25, 0.3) is 0 Å². The Morgan fingerprint density at radius 2 is 1.93 bits per heavy atom. The van der Waals surface area contributed by atoms with Crippen LogP contribution in [0.1, 0.15) is 17.0 Å². The molecule has 0 aliphatic heterocycles. The summed E-state index contributed by atoms with van der Waals surface area (Å²) in [6.45, 7) is 1.69. The molecular formula is C17H13N5O4S-2. The molecular weight excluding hydrogens is 370 g/mol. The Morgan fingerprint density at radius 3 is 2.63 bits per heavy atom. The highest BCUT2D eigenvalue weighted by atomic mass is 32.2. The van der Waals surface area contributed by atoms with Gasteiger partial charge in [-0.05, 0) is 23.8 Å². The SMILES string of the molecule is Cc1nnc(SCc2ccccc2)n1/N=C\c1cc([N+](=O)[O-])c([O-])cc1[O-]. The summed E-state index contributed by atoms with van der Waals surface area (Å²) in [4.78, 5) is 10.0. The van der Waals surface area contributed by atoms with Crippen LogP contribution in [-0.4, -0.2) is 26.0 Å². The molecule has 0 unspecified atom stereocenters. The van der Waals surface area contributed by atoms with Crippen molar-refractivity contribution in [3.8, 4) is 11.5 Å². The first-order valence-electron chi connectivity index (χ1n) is 7.75. The van der Waals surface area contributed by atoms with Gasteiger partial charge in [0.2, 0.25) is 5.16 Å². The Labute approximate surface area is 158 Å². The zero-order chi connectivity index (χ0) is 19.4. The van der Waals surface area contributed by atoms with E-state index in [2.05, 4.69) is 15.3 Å². The Hall–Kier alpha value is -3.40. The lowest BCUT2D eigenvalue weighted by Crippen LogP contribution is -2.04. The molecule has 0 fully saturated rings. The third kappa shape index (κ3) is 4.23. The van der Waals surface area contributed by atoms with Gasteiger partial charge in [0.1, 0.15) is 0 Å². The Kier molecular flexibility index (Phi) is 5.36. The van der Waals surface area contributed by atoms with Crippen LogP contribution in [0.3, 0.4) is 0 Å². The summed E-state index contributed by atoms with van der Waals surface area (Å²) in [5, 5.41) is 46.9. The van der Waals surface area contributed by atoms with Crippen molar-refractivity contribution in [1.29, 1.82) is 0 Å². The number of rotatable bonds is 6. The Morgan fingerprint density at radius 1 is 1.19 bits per heavy atom. The van der Waals surface area contributed by atoms with Crippen LogP contribution in [-0.2, 0) is 5.75 Å². The van der Waals surface area contributed by atoms with E-state index < -0.39 is 22.1 Å². The summed E-state index contributed by atoms with van der Waals surface area (Å²) in [6.07, 6.45) is 1.16. The van der Waals surface area contributed by atoms with Crippen molar-refractivity contribution in [1.82, 2.24) is 14.9 Å². The van der Waals surface area contributed by atoms with Crippen LogP contribution < -0.4 is 10.2 Å². The van der Waals surface area contributed by atoms with E-state index in [1.54, 1.807) is 6.92 Å². The molecule has 0 radical (unpaired) electrons. The van der Waals surface area contributed by atoms with Crippen LogP contribution in [0.4, 0.5) is 5.69 Å². The van der Waals surface area contributed by atoms with Crippen LogP contribution >= 0.6 is 11.8 Å². The lowest BCUT2D eigenvalue weighted by molar-refractivity contribution is -0.398. The molecule has 10 heteroatoms. The summed E-state index contributed by atoms with van der Waals surface area (Å²) >= 11 is 1.41. The summed E-state index contributed by atoms with van der Waals surface area (Å²) in [7, 11) is 0. The lowest BCUT2D eigenvalue weighted by Gasteiger charge is -2.15. The maximum absolute atomic E-state index is 11.9. The first-order valence-corrected chi connectivity index (χ1v) is 8.74. The smallest absolute Gasteiger partial charge is 0.262 e. The quantitative estimate of drug-likeness (QED) is 0.274. The van der Waals surface area contributed by atoms with Gasteiger partial charge in [0.25, 0.3) is 5.69 Å². The molecule has 0 bridgehead atoms. The van der Waals surface area contributed by atoms with Crippen LogP contribution in [0.15, 0.2) is 52.7 Å². The maximum atomic E-state index is 11.9. The monoisotopic (exact) mass is 383 g/mol. The van der Waals surface area contributed by atoms with Crippen molar-refractivity contribution in [3.05, 3.63) is 69.5 Å². The number of hydrogen-bond donors (Lipinski definition) is 0. The van der Waals surface area contributed by atoms with E-state index >= 15 is 0 Å². The first-order chi connectivity index (χ1) is 13.0. The van der Waals surface area contributed by atoms with Gasteiger partial charge in [-0.2, -0.15) is 9.78 Å². The first kappa shape index (κ1) is 18.4. The number of thioether (sulfide) groups is 1. The highest BCUT2D eigenvalue weighted by Gasteiger charge is 2.11. The van der Waals surface area contributed by atoms with Crippen molar-refractivity contribution >= 4 is 23.7 Å². The summed E-state index contributed by atoms with van der Waals surface area (Å²) in [5.74, 6) is -0.429. The van der Waals surface area contributed by atoms with Gasteiger partial charge in [0.15, 0.2) is 5.82 Å². The van der Waals surface area contributed by atoms with Gasteiger partial charge in [-0.15, -0.1) is 15.9 Å². The molecule has 1 heterocycles. The summed E-state index contributed by atoms with van der Waals surface area (Å²) in [6, 6.07) is 11.4. The second-order valence-corrected chi connectivity index (χ2v) is 6.42. The number of aryl methyl sites for hydroxylation is 1. The minimum atomic E-state index is -0.929. The topological polar surface area (TPSA) is 132 Å². The molecule has 0 saturated carbocycles. The van der Waals surface area contributed by atoms with Gasteiger partial charge in [0, 0.05) is 11.8 Å². The molecule has 0 atom stereocenters. The number of aromatic nitrogens is 3. The second kappa shape index (κ2) is 7.87. The average molecular weight is 383 g/mol. The molecule has 0 aliphatic rings. The van der Waals surface area contributed by atoms with E-state index in [1.165, 1.54) is 16.4 Å². The van der Waals surface area contributed by atoms with Gasteiger partial charge < -0.3 is 10.2 Å². The highest BCUT2D eigenvalue weighted by molar-refractivity contribution is 7.98. The van der Waals surface area contributed by atoms with E-state index in [0.717, 1.165) is 17.8 Å². The number of nitro groups is 1. The molecule has 27 heavy (non-hydrogen) atoms. The lowest BCUT2D eigenvalue weighted by atomic mass is 10.2. The van der Waals surface area contributed by atoms with Gasteiger partial charge in [-0.3, -0.25) is 10.1 Å². The van der Waals surface area contributed by atoms with E-state index in [0.29, 0.717) is 22.8 Å². The van der Waals surface area contributed by atoms with Gasteiger partial charge in [0.05, 0.1) is 11.1 Å². The van der Waals surface area contributed by atoms with E-state index in [1.807, 2.05) is 30.3 Å². The molecule has 0 aliphatic carbocycles. The molecule has 9 nitrogen and oxygen atoms in total. The molecule has 1 aromatic heterocycles. The molecule has 0 N–H and O–H groups in total. The Balaban J connectivity index is 1.85. The van der Waals surface area contributed by atoms with Crippen molar-refractivity contribution in [3.63, 3.8) is 0 Å². The highest BCUT2D eigenvalue weighted by Crippen LogP contribution is 2.29. The van der Waals surface area contributed by atoms with Crippen LogP contribution in [0.5, 0.6) is 11.5 Å². The largest absolute Gasteiger partial charge is 0.872 e. The maximum Gasteiger partial charge on any atom is 0.262 e. The molecule has 0 amide bonds. The number of benzene rings is 2. The zero-order valence-electron chi connectivity index (χ0n) is 14.1. The van der Waals surface area contributed by atoms with Gasteiger partial charge in [-0.25, -0.2) is 0 Å². The standard InChI is InChI=1S/C17H15N5O4S/c1-11-19-20-17(27-10-12-5-3-2-4-6-12)21(11)18-9-13-7-14(22(25)26)16(24)8-15(13)23/h2-9,23-24H,10H2,1H3/p-2/b18-9-. The molecule has 0 spiro atoms. The fraction of sp³-hybridized carbons (Fsp3) is 0.118. The summed E-state index contributed by atoms with van der Waals surface area (Å²) in [5.41, 5.74) is 0.366. The van der Waals surface area contributed by atoms with Crippen molar-refractivity contribution < 1.29 is 15.1 Å². The minimum Gasteiger partial charge on any atom is -0.872 e. The molecule has 0 saturated heterocycles. The second-order valence-electron chi connectivity index (χ2n) is 5.48. The van der Waals surface area contributed by atoms with E-state index in [9.17, 15) is 20.3 Å². The minimum absolute atomic E-state index is 0.0617.